The van der Waals surface area contributed by atoms with Crippen molar-refractivity contribution in [3.8, 4) is 0 Å². The molecule has 21 heavy (non-hydrogen) atoms. The molecule has 0 radical (unpaired) electrons. The first-order chi connectivity index (χ1) is 9.97. The molecule has 1 heterocycles. The van der Waals surface area contributed by atoms with Crippen molar-refractivity contribution in [1.82, 2.24) is 4.90 Å². The fourth-order valence-corrected chi connectivity index (χ4v) is 3.22. The predicted octanol–water partition coefficient (Wildman–Crippen LogP) is 3.00. The van der Waals surface area contributed by atoms with Crippen LogP contribution in [0.2, 0.25) is 0 Å². The molecule has 0 saturated carbocycles. The lowest BCUT2D eigenvalue weighted by atomic mass is 9.95. The first-order valence-corrected chi connectivity index (χ1v) is 8.01. The normalized spacial score (nSPS) is 20.4. The van der Waals surface area contributed by atoms with E-state index in [1.54, 1.807) is 0 Å². The molecule has 2 rings (SSSR count). The van der Waals surface area contributed by atoms with Gasteiger partial charge < -0.3 is 10.0 Å². The van der Waals surface area contributed by atoms with Gasteiger partial charge in [-0.1, -0.05) is 23.8 Å². The number of likely N-dealkylation sites (tertiary alicyclic amines) is 1. The van der Waals surface area contributed by atoms with E-state index in [1.807, 2.05) is 11.8 Å². The molecule has 1 saturated heterocycles. The number of amides is 1. The van der Waals surface area contributed by atoms with E-state index in [4.69, 9.17) is 0 Å². The van der Waals surface area contributed by atoms with Crippen molar-refractivity contribution in [2.45, 2.75) is 65.0 Å². The summed E-state index contributed by atoms with van der Waals surface area (Å²) in [6.45, 7) is 6.76. The number of benzene rings is 1. The van der Waals surface area contributed by atoms with Crippen LogP contribution in [0.4, 0.5) is 0 Å². The van der Waals surface area contributed by atoms with Gasteiger partial charge in [-0.3, -0.25) is 4.79 Å². The van der Waals surface area contributed by atoms with Gasteiger partial charge in [0.25, 0.3) is 0 Å². The summed E-state index contributed by atoms with van der Waals surface area (Å²) in [5.74, 6) is 0.203. The number of aliphatic hydroxyl groups excluding tert-OH is 1. The number of rotatable bonds is 4. The zero-order chi connectivity index (χ0) is 15.4. The number of nitrogens with zero attached hydrogens (tertiary/aromatic N) is 1. The molecule has 0 aromatic heterocycles. The second-order valence-corrected chi connectivity index (χ2v) is 6.43. The number of piperidine rings is 1. The van der Waals surface area contributed by atoms with Gasteiger partial charge in [0.1, 0.15) is 0 Å². The van der Waals surface area contributed by atoms with E-state index in [2.05, 4.69) is 32.0 Å². The Morgan fingerprint density at radius 2 is 2.14 bits per heavy atom. The van der Waals surface area contributed by atoms with E-state index in [0.29, 0.717) is 12.8 Å². The van der Waals surface area contributed by atoms with Crippen LogP contribution in [0.1, 0.15) is 49.3 Å². The highest BCUT2D eigenvalue weighted by molar-refractivity contribution is 5.79. The van der Waals surface area contributed by atoms with E-state index >= 15 is 0 Å². The summed E-state index contributed by atoms with van der Waals surface area (Å²) >= 11 is 0. The first-order valence-electron chi connectivity index (χ1n) is 8.01. The van der Waals surface area contributed by atoms with E-state index < -0.39 is 0 Å². The Balaban J connectivity index is 2.08. The van der Waals surface area contributed by atoms with Gasteiger partial charge in [0, 0.05) is 12.6 Å². The average Bonchev–Trinajstić information content (AvgIpc) is 2.42. The fraction of sp³-hybridized carbons (Fsp3) is 0.611. The molecule has 0 aliphatic carbocycles. The van der Waals surface area contributed by atoms with Crippen molar-refractivity contribution >= 4 is 5.91 Å². The highest BCUT2D eigenvalue weighted by Gasteiger charge is 2.27. The van der Waals surface area contributed by atoms with Gasteiger partial charge in [0.2, 0.25) is 5.91 Å². The Bertz CT molecular complexity index is 496. The summed E-state index contributed by atoms with van der Waals surface area (Å²) in [4.78, 5) is 14.7. The standard InChI is InChI=1S/C18H27NO2/c1-13-7-8-14(2)16(10-13)12-18(21)19-9-5-4-6-17(19)11-15(3)20/h7-8,10,15,17,20H,4-6,9,11-12H2,1-3H3. The maximum absolute atomic E-state index is 12.7. The monoisotopic (exact) mass is 289 g/mol. The van der Waals surface area contributed by atoms with Crippen LogP contribution in [0.3, 0.4) is 0 Å². The minimum absolute atomic E-state index is 0.203. The van der Waals surface area contributed by atoms with Gasteiger partial charge in [0.05, 0.1) is 12.5 Å². The molecule has 1 aromatic carbocycles. The van der Waals surface area contributed by atoms with Crippen molar-refractivity contribution < 1.29 is 9.90 Å². The minimum atomic E-state index is -0.343. The second kappa shape index (κ2) is 7.08. The summed E-state index contributed by atoms with van der Waals surface area (Å²) in [6.07, 6.45) is 4.08. The van der Waals surface area contributed by atoms with Crippen molar-refractivity contribution in [2.24, 2.45) is 0 Å². The van der Waals surface area contributed by atoms with Crippen LogP contribution < -0.4 is 0 Å². The van der Waals surface area contributed by atoms with Crippen LogP contribution in [-0.4, -0.2) is 34.6 Å². The van der Waals surface area contributed by atoms with Crippen LogP contribution in [0.5, 0.6) is 0 Å². The molecule has 1 aromatic rings. The molecular formula is C18H27NO2. The molecule has 1 amide bonds. The SMILES string of the molecule is Cc1ccc(C)c(CC(=O)N2CCCCC2CC(C)O)c1. The zero-order valence-corrected chi connectivity index (χ0v) is 13.4. The van der Waals surface area contributed by atoms with Gasteiger partial charge in [-0.25, -0.2) is 0 Å². The lowest BCUT2D eigenvalue weighted by molar-refractivity contribution is -0.134. The van der Waals surface area contributed by atoms with Crippen molar-refractivity contribution in [3.05, 3.63) is 34.9 Å². The molecule has 3 nitrogen and oxygen atoms in total. The third-order valence-electron chi connectivity index (χ3n) is 4.41. The van der Waals surface area contributed by atoms with E-state index in [9.17, 15) is 9.90 Å². The maximum Gasteiger partial charge on any atom is 0.227 e. The van der Waals surface area contributed by atoms with Gasteiger partial charge in [-0.2, -0.15) is 0 Å². The highest BCUT2D eigenvalue weighted by Crippen LogP contribution is 2.22. The van der Waals surface area contributed by atoms with E-state index in [0.717, 1.165) is 31.4 Å². The Kier molecular flexibility index (Phi) is 5.40. The van der Waals surface area contributed by atoms with E-state index in [1.165, 1.54) is 11.1 Å². The molecule has 116 valence electrons. The zero-order valence-electron chi connectivity index (χ0n) is 13.4. The summed E-state index contributed by atoms with van der Waals surface area (Å²) in [6, 6.07) is 6.49. The predicted molar refractivity (Wildman–Crippen MR) is 85.3 cm³/mol. The third kappa shape index (κ3) is 4.31. The Morgan fingerprint density at radius 3 is 2.86 bits per heavy atom. The van der Waals surface area contributed by atoms with Gasteiger partial charge in [0.15, 0.2) is 0 Å². The quantitative estimate of drug-likeness (QED) is 0.925. The molecule has 2 atom stereocenters. The van der Waals surface area contributed by atoms with Crippen molar-refractivity contribution in [3.63, 3.8) is 0 Å². The highest BCUT2D eigenvalue weighted by atomic mass is 16.3. The average molecular weight is 289 g/mol. The topological polar surface area (TPSA) is 40.5 Å². The van der Waals surface area contributed by atoms with Gasteiger partial charge in [-0.15, -0.1) is 0 Å². The number of aliphatic hydroxyl groups is 1. The molecule has 0 spiro atoms. The van der Waals surface area contributed by atoms with Crippen LogP contribution in [0, 0.1) is 13.8 Å². The van der Waals surface area contributed by atoms with Gasteiger partial charge in [-0.05, 0) is 57.6 Å². The number of hydrogen-bond acceptors (Lipinski definition) is 2. The maximum atomic E-state index is 12.7. The summed E-state index contributed by atoms with van der Waals surface area (Å²) in [5.41, 5.74) is 3.50. The number of carbonyl (C=O) groups is 1. The largest absolute Gasteiger partial charge is 0.393 e. The molecule has 1 aliphatic heterocycles. The molecule has 2 unspecified atom stereocenters. The molecular weight excluding hydrogens is 262 g/mol. The fourth-order valence-electron chi connectivity index (χ4n) is 3.22. The lowest BCUT2D eigenvalue weighted by Crippen LogP contribution is -2.45. The third-order valence-corrected chi connectivity index (χ3v) is 4.41. The second-order valence-electron chi connectivity index (χ2n) is 6.43. The van der Waals surface area contributed by atoms with Crippen LogP contribution in [-0.2, 0) is 11.2 Å². The van der Waals surface area contributed by atoms with Crippen LogP contribution >= 0.6 is 0 Å². The van der Waals surface area contributed by atoms with Crippen LogP contribution in [0.15, 0.2) is 18.2 Å². The number of carbonyl (C=O) groups excluding carboxylic acids is 1. The molecule has 1 fully saturated rings. The lowest BCUT2D eigenvalue weighted by Gasteiger charge is -2.36. The molecule has 1 N–H and O–H groups in total. The molecule has 0 bridgehead atoms. The Labute approximate surface area is 128 Å². The first kappa shape index (κ1) is 16.0. The van der Waals surface area contributed by atoms with E-state index in [-0.39, 0.29) is 18.1 Å². The summed E-state index contributed by atoms with van der Waals surface area (Å²) in [7, 11) is 0. The van der Waals surface area contributed by atoms with Gasteiger partial charge >= 0.3 is 0 Å². The van der Waals surface area contributed by atoms with Crippen molar-refractivity contribution in [1.29, 1.82) is 0 Å². The minimum Gasteiger partial charge on any atom is -0.393 e. The molecule has 1 aliphatic rings. The Morgan fingerprint density at radius 1 is 1.38 bits per heavy atom. The smallest absolute Gasteiger partial charge is 0.227 e. The molecule has 3 heteroatoms. The number of aryl methyl sites for hydroxylation is 2. The summed E-state index contributed by atoms with van der Waals surface area (Å²) in [5, 5.41) is 9.64. The summed E-state index contributed by atoms with van der Waals surface area (Å²) < 4.78 is 0. The van der Waals surface area contributed by atoms with Crippen LogP contribution in [0.25, 0.3) is 0 Å². The Hall–Kier alpha value is -1.35. The van der Waals surface area contributed by atoms with Crippen molar-refractivity contribution in [2.75, 3.05) is 6.54 Å². The number of hydrogen-bond donors (Lipinski definition) is 1.